The van der Waals surface area contributed by atoms with E-state index in [1.165, 1.54) is 6.20 Å². The van der Waals surface area contributed by atoms with E-state index in [2.05, 4.69) is 20.1 Å². The molecule has 0 unspecified atom stereocenters. The third-order valence-corrected chi connectivity index (χ3v) is 4.35. The normalized spacial score (nSPS) is 16.2. The molecule has 0 aromatic carbocycles. The molecule has 1 aliphatic heterocycles. The Morgan fingerprint density at radius 1 is 1.25 bits per heavy atom. The van der Waals surface area contributed by atoms with Gasteiger partial charge in [-0.2, -0.15) is 0 Å². The lowest BCUT2D eigenvalue weighted by Gasteiger charge is -2.34. The Hall–Kier alpha value is -1.77. The maximum absolute atomic E-state index is 10.7. The van der Waals surface area contributed by atoms with Crippen LogP contribution in [0.5, 0.6) is 0 Å². The van der Waals surface area contributed by atoms with E-state index in [9.17, 15) is 10.1 Å². The Labute approximate surface area is 142 Å². The molecule has 1 aliphatic rings. The van der Waals surface area contributed by atoms with Gasteiger partial charge in [0.05, 0.1) is 11.5 Å². The number of nitrogens with one attached hydrogen (secondary N) is 1. The molecule has 0 aliphatic carbocycles. The van der Waals surface area contributed by atoms with Gasteiger partial charge in [0, 0.05) is 45.3 Å². The van der Waals surface area contributed by atoms with Gasteiger partial charge in [0.1, 0.15) is 12.0 Å². The number of aliphatic hydroxyl groups is 1. The van der Waals surface area contributed by atoms with E-state index in [1.807, 2.05) is 6.92 Å². The van der Waals surface area contributed by atoms with Gasteiger partial charge < -0.3 is 15.3 Å². The van der Waals surface area contributed by atoms with Crippen LogP contribution in [0, 0.1) is 17.0 Å². The second-order valence-corrected chi connectivity index (χ2v) is 6.16. The van der Waals surface area contributed by atoms with Gasteiger partial charge in [-0.05, 0) is 31.9 Å². The highest BCUT2D eigenvalue weighted by Crippen LogP contribution is 2.17. The molecule has 0 bridgehead atoms. The molecule has 1 saturated heterocycles. The van der Waals surface area contributed by atoms with Crippen LogP contribution in [0.2, 0.25) is 0 Å². The first-order chi connectivity index (χ1) is 11.6. The van der Waals surface area contributed by atoms with Crippen LogP contribution in [0.3, 0.4) is 0 Å². The number of nitro groups is 1. The van der Waals surface area contributed by atoms with E-state index in [-0.39, 0.29) is 12.3 Å². The van der Waals surface area contributed by atoms with Crippen LogP contribution in [0.1, 0.15) is 18.4 Å². The van der Waals surface area contributed by atoms with E-state index in [0.717, 1.165) is 70.0 Å². The summed E-state index contributed by atoms with van der Waals surface area (Å²) in [5, 5.41) is 22.9. The number of pyridine rings is 1. The molecule has 134 valence electrons. The minimum absolute atomic E-state index is 0.0263. The summed E-state index contributed by atoms with van der Waals surface area (Å²) in [5.74, 6) is 0.721. The summed E-state index contributed by atoms with van der Waals surface area (Å²) in [6.45, 7) is 8.94. The Morgan fingerprint density at radius 3 is 2.50 bits per heavy atom. The third-order valence-electron chi connectivity index (χ3n) is 4.35. The molecule has 0 atom stereocenters. The van der Waals surface area contributed by atoms with Crippen LogP contribution in [0.25, 0.3) is 0 Å². The third kappa shape index (κ3) is 5.70. The van der Waals surface area contributed by atoms with Gasteiger partial charge in [-0.1, -0.05) is 0 Å². The molecular formula is C16H27N5O3. The quantitative estimate of drug-likeness (QED) is 0.396. The molecule has 0 saturated carbocycles. The smallest absolute Gasteiger partial charge is 0.287 e. The summed E-state index contributed by atoms with van der Waals surface area (Å²) >= 11 is 0. The number of hydrogen-bond acceptors (Lipinski definition) is 7. The van der Waals surface area contributed by atoms with Gasteiger partial charge in [0.2, 0.25) is 0 Å². The number of nitrogens with zero attached hydrogens (tertiary/aromatic N) is 4. The zero-order valence-corrected chi connectivity index (χ0v) is 14.3. The maximum Gasteiger partial charge on any atom is 0.287 e. The van der Waals surface area contributed by atoms with Gasteiger partial charge in [0.25, 0.3) is 5.69 Å². The van der Waals surface area contributed by atoms with Crippen LogP contribution in [-0.2, 0) is 0 Å². The lowest BCUT2D eigenvalue weighted by molar-refractivity contribution is -0.385. The van der Waals surface area contributed by atoms with Gasteiger partial charge >= 0.3 is 0 Å². The number of aryl methyl sites for hydroxylation is 1. The van der Waals surface area contributed by atoms with E-state index in [1.54, 1.807) is 6.07 Å². The van der Waals surface area contributed by atoms with Crippen molar-refractivity contribution in [2.75, 3.05) is 57.7 Å². The topological polar surface area (TPSA) is 94.8 Å². The molecular weight excluding hydrogens is 310 g/mol. The minimum Gasteiger partial charge on any atom is -0.395 e. The molecule has 2 heterocycles. The average molecular weight is 337 g/mol. The Kier molecular flexibility index (Phi) is 7.36. The number of rotatable bonds is 9. The first kappa shape index (κ1) is 18.6. The molecule has 8 heteroatoms. The largest absolute Gasteiger partial charge is 0.395 e. The van der Waals surface area contributed by atoms with Crippen LogP contribution in [0.15, 0.2) is 12.3 Å². The molecule has 2 rings (SSSR count). The standard InChI is InChI=1S/C16H27N5O3/c1-14-12-15(21(23)24)13-18-16(14)17-4-2-3-5-19-6-8-20(9-7-19)10-11-22/h12-13,22H,2-11H2,1H3,(H,17,18). The molecule has 2 N–H and O–H groups in total. The van der Waals surface area contributed by atoms with Crippen molar-refractivity contribution in [1.82, 2.24) is 14.8 Å². The van der Waals surface area contributed by atoms with Crippen molar-refractivity contribution in [2.45, 2.75) is 19.8 Å². The summed E-state index contributed by atoms with van der Waals surface area (Å²) < 4.78 is 0. The molecule has 1 aromatic rings. The van der Waals surface area contributed by atoms with E-state index in [0.29, 0.717) is 0 Å². The minimum atomic E-state index is -0.427. The fourth-order valence-electron chi connectivity index (χ4n) is 2.89. The average Bonchev–Trinajstić information content (AvgIpc) is 2.57. The van der Waals surface area contributed by atoms with Crippen molar-refractivity contribution >= 4 is 11.5 Å². The number of β-amino-alcohol motifs (C(OH)–C–C–N with tert-alkyl or cyclic N) is 1. The SMILES string of the molecule is Cc1cc([N+](=O)[O-])cnc1NCCCCN1CCN(CCO)CC1. The predicted molar refractivity (Wildman–Crippen MR) is 93.3 cm³/mol. The van der Waals surface area contributed by atoms with Gasteiger partial charge in [-0.15, -0.1) is 0 Å². The van der Waals surface area contributed by atoms with E-state index < -0.39 is 4.92 Å². The van der Waals surface area contributed by atoms with E-state index in [4.69, 9.17) is 5.11 Å². The van der Waals surface area contributed by atoms with Crippen molar-refractivity contribution in [1.29, 1.82) is 0 Å². The van der Waals surface area contributed by atoms with Crippen molar-refractivity contribution < 1.29 is 10.0 Å². The fraction of sp³-hybridized carbons (Fsp3) is 0.688. The maximum atomic E-state index is 10.7. The highest BCUT2D eigenvalue weighted by atomic mass is 16.6. The second kappa shape index (κ2) is 9.51. The highest BCUT2D eigenvalue weighted by molar-refractivity contribution is 5.48. The van der Waals surface area contributed by atoms with E-state index >= 15 is 0 Å². The molecule has 1 aromatic heterocycles. The number of unbranched alkanes of at least 4 members (excludes halogenated alkanes) is 1. The number of piperazine rings is 1. The summed E-state index contributed by atoms with van der Waals surface area (Å²) in [6, 6.07) is 1.54. The van der Waals surface area contributed by atoms with Crippen LogP contribution < -0.4 is 5.32 Å². The van der Waals surface area contributed by atoms with Crippen LogP contribution in [-0.4, -0.2) is 77.2 Å². The summed E-state index contributed by atoms with van der Waals surface area (Å²) in [7, 11) is 0. The lowest BCUT2D eigenvalue weighted by Crippen LogP contribution is -2.47. The Morgan fingerprint density at radius 2 is 1.92 bits per heavy atom. The zero-order chi connectivity index (χ0) is 17.4. The predicted octanol–water partition coefficient (Wildman–Crippen LogP) is 1.10. The summed E-state index contributed by atoms with van der Waals surface area (Å²) in [4.78, 5) is 19.1. The van der Waals surface area contributed by atoms with Gasteiger partial charge in [0.15, 0.2) is 0 Å². The number of anilines is 1. The first-order valence-corrected chi connectivity index (χ1v) is 8.50. The summed E-state index contributed by atoms with van der Waals surface area (Å²) in [6.07, 6.45) is 3.44. The second-order valence-electron chi connectivity index (χ2n) is 6.16. The van der Waals surface area contributed by atoms with Crippen LogP contribution >= 0.6 is 0 Å². The highest BCUT2D eigenvalue weighted by Gasteiger charge is 2.15. The van der Waals surface area contributed by atoms with Crippen molar-refractivity contribution in [3.63, 3.8) is 0 Å². The molecule has 0 amide bonds. The van der Waals surface area contributed by atoms with Gasteiger partial charge in [-0.3, -0.25) is 15.0 Å². The molecule has 24 heavy (non-hydrogen) atoms. The number of aliphatic hydroxyl groups excluding tert-OH is 1. The number of hydrogen-bond donors (Lipinski definition) is 2. The van der Waals surface area contributed by atoms with Crippen molar-refractivity contribution in [3.05, 3.63) is 27.9 Å². The van der Waals surface area contributed by atoms with Gasteiger partial charge in [-0.25, -0.2) is 4.98 Å². The zero-order valence-electron chi connectivity index (χ0n) is 14.3. The molecule has 0 spiro atoms. The Balaban J connectivity index is 1.61. The monoisotopic (exact) mass is 337 g/mol. The van der Waals surface area contributed by atoms with Crippen molar-refractivity contribution in [2.24, 2.45) is 0 Å². The first-order valence-electron chi connectivity index (χ1n) is 8.50. The fourth-order valence-corrected chi connectivity index (χ4v) is 2.89. The summed E-state index contributed by atoms with van der Waals surface area (Å²) in [5.41, 5.74) is 0.822. The Bertz CT molecular complexity index is 532. The molecule has 8 nitrogen and oxygen atoms in total. The molecule has 1 fully saturated rings. The molecule has 0 radical (unpaired) electrons. The number of aromatic nitrogens is 1. The lowest BCUT2D eigenvalue weighted by atomic mass is 10.2. The van der Waals surface area contributed by atoms with Crippen molar-refractivity contribution in [3.8, 4) is 0 Å². The van der Waals surface area contributed by atoms with Crippen LogP contribution in [0.4, 0.5) is 11.5 Å².